The molecule has 16 heterocycles. The highest BCUT2D eigenvalue weighted by Crippen LogP contribution is 2.44. The van der Waals surface area contributed by atoms with Gasteiger partial charge in [0.05, 0.1) is 100 Å². The summed E-state index contributed by atoms with van der Waals surface area (Å²) in [6.07, 6.45) is 6.37. The second-order valence-corrected chi connectivity index (χ2v) is 35.3. The number of aromatic nitrogens is 16. The molecular formula is C95H90Cl2F8N24O9. The lowest BCUT2D eigenvalue weighted by molar-refractivity contribution is -0.138. The number of imidazole rings is 4. The summed E-state index contributed by atoms with van der Waals surface area (Å²) in [5, 5.41) is 14.4. The Kier molecular flexibility index (Phi) is 25.5. The van der Waals surface area contributed by atoms with Gasteiger partial charge in [-0.15, -0.1) is 0 Å². The van der Waals surface area contributed by atoms with Crippen LogP contribution in [0.4, 0.5) is 101 Å². The fraction of sp³-hybridized carbons (Fsp3) is 0.347. The zero-order valence-corrected chi connectivity index (χ0v) is 76.4. The lowest BCUT2D eigenvalue weighted by Gasteiger charge is -2.23. The highest BCUT2D eigenvalue weighted by atomic mass is 35.5. The van der Waals surface area contributed by atoms with Gasteiger partial charge in [-0.3, -0.25) is 24.2 Å². The van der Waals surface area contributed by atoms with Crippen LogP contribution in [0.2, 0.25) is 10.0 Å². The largest absolute Gasteiger partial charge is 0.485 e. The first-order chi connectivity index (χ1) is 66.4. The molecule has 43 heteroatoms. The van der Waals surface area contributed by atoms with Crippen molar-refractivity contribution in [3.63, 3.8) is 0 Å². The van der Waals surface area contributed by atoms with Crippen LogP contribution in [-0.2, 0) is 76.4 Å². The van der Waals surface area contributed by atoms with E-state index in [2.05, 4.69) is 85.6 Å². The van der Waals surface area contributed by atoms with Gasteiger partial charge in [0.15, 0.2) is 0 Å². The van der Waals surface area contributed by atoms with E-state index in [9.17, 15) is 54.3 Å². The predicted octanol–water partition coefficient (Wildman–Crippen LogP) is 19.1. The van der Waals surface area contributed by atoms with Crippen LogP contribution < -0.4 is 45.6 Å². The van der Waals surface area contributed by atoms with E-state index in [-0.39, 0.29) is 73.9 Å². The molecule has 22 rings (SSSR count). The molecule has 4 saturated heterocycles. The first-order valence-corrected chi connectivity index (χ1v) is 45.6. The van der Waals surface area contributed by atoms with Gasteiger partial charge in [-0.2, -0.15) is 46.3 Å². The van der Waals surface area contributed by atoms with Crippen molar-refractivity contribution in [3.8, 4) is 28.5 Å². The number of rotatable bonds is 20. The molecule has 4 amide bonds. The highest BCUT2D eigenvalue weighted by Gasteiger charge is 2.47. The van der Waals surface area contributed by atoms with Crippen molar-refractivity contribution < 1.29 is 78.0 Å². The van der Waals surface area contributed by atoms with Gasteiger partial charge in [-0.1, -0.05) is 59.6 Å². The summed E-state index contributed by atoms with van der Waals surface area (Å²) in [4.78, 5) is 108. The van der Waals surface area contributed by atoms with Gasteiger partial charge in [0.2, 0.25) is 23.8 Å². The number of nitrogens with zero attached hydrogens (tertiary/aromatic N) is 20. The topological polar surface area (TPSA) is 350 Å². The van der Waals surface area contributed by atoms with Crippen molar-refractivity contribution in [1.29, 1.82) is 0 Å². The minimum absolute atomic E-state index is 0.00798. The molecule has 0 unspecified atom stereocenters. The van der Waals surface area contributed by atoms with E-state index in [1.165, 1.54) is 71.3 Å². The number of ether oxygens (including phenoxy) is 5. The summed E-state index contributed by atoms with van der Waals surface area (Å²) >= 11 is 12.5. The summed E-state index contributed by atoms with van der Waals surface area (Å²) in [6.45, 7) is 11.5. The molecule has 10 atom stereocenters. The maximum Gasteiger partial charge on any atom is 0.416 e. The van der Waals surface area contributed by atoms with Crippen molar-refractivity contribution in [3.05, 3.63) is 266 Å². The molecule has 0 radical (unpaired) electrons. The minimum Gasteiger partial charge on any atom is -0.485 e. The number of anilines is 8. The number of alkyl halides is 8. The van der Waals surface area contributed by atoms with E-state index >= 15 is 0 Å². The fourth-order valence-corrected chi connectivity index (χ4v) is 18.9. The normalized spacial score (nSPS) is 19.0. The van der Waals surface area contributed by atoms with Crippen molar-refractivity contribution in [1.82, 2.24) is 78.1 Å². The number of amides is 4. The number of hydrogen-bond donors (Lipinski definition) is 4. The van der Waals surface area contributed by atoms with Crippen molar-refractivity contribution in [2.45, 2.75) is 179 Å². The maximum absolute atomic E-state index is 14.0. The molecule has 0 bridgehead atoms. The average Bonchev–Trinajstić information content (AvgIpc) is 1.17. The van der Waals surface area contributed by atoms with Crippen LogP contribution >= 0.6 is 23.2 Å². The first kappa shape index (κ1) is 92.4. The third-order valence-corrected chi connectivity index (χ3v) is 26.1. The van der Waals surface area contributed by atoms with Crippen LogP contribution in [0.3, 0.4) is 0 Å². The first-order valence-electron chi connectivity index (χ1n) is 44.9. The molecular weight excluding hydrogens is 1840 g/mol. The number of cyclic esters (lactones) is 4. The van der Waals surface area contributed by atoms with Gasteiger partial charge in [0.25, 0.3) is 0 Å². The van der Waals surface area contributed by atoms with E-state index in [0.717, 1.165) is 111 Å². The van der Waals surface area contributed by atoms with Crippen molar-refractivity contribution in [2.24, 2.45) is 5.92 Å². The van der Waals surface area contributed by atoms with Crippen LogP contribution in [0.15, 0.2) is 177 Å². The zero-order chi connectivity index (χ0) is 96.3. The van der Waals surface area contributed by atoms with Gasteiger partial charge < -0.3 is 58.7 Å². The van der Waals surface area contributed by atoms with E-state index in [1.54, 1.807) is 60.5 Å². The SMILES string of the molecule is C[C@H](Nc1nccc(N2C(=O)OC[C@@H]2C2CC2)n1)c1ncn2c1COc1cc(Cl)ccc1-2.C[C@H](Nc1nccc(N2C(=O)OC[C@@H]2[C@H](C)F)n1)c1ncn2c1CCCc1cc(C(F)(F)F)ccc1-2.C[C@H](Nc1nccc(N2C(=O)OC[C@@H]2[C@H](C)F)n1)c1ncn2c1CCc1c(Cl)cccc1-2.C[C@H](Nc1nccc(N2C(=O)OC[C@@H]2c2ccccc2)n1)c1ncn2c1CCc1cc(C(F)(F)F)ccc1-2. The maximum atomic E-state index is 14.0. The van der Waals surface area contributed by atoms with E-state index < -0.39 is 66.2 Å². The molecule has 1 aliphatic carbocycles. The minimum atomic E-state index is -4.40. The average molecular weight is 1930 g/mol. The summed E-state index contributed by atoms with van der Waals surface area (Å²) in [5.41, 5.74) is 12.4. The van der Waals surface area contributed by atoms with E-state index in [0.29, 0.717) is 120 Å². The Morgan fingerprint density at radius 1 is 0.399 bits per heavy atom. The Hall–Kier alpha value is -14.6. The van der Waals surface area contributed by atoms with Gasteiger partial charge in [0, 0.05) is 69.4 Å². The molecule has 714 valence electrons. The number of carbonyl (C=O) groups excluding carboxylic acids is 4. The van der Waals surface area contributed by atoms with Gasteiger partial charge in [0.1, 0.15) is 98.9 Å². The van der Waals surface area contributed by atoms with E-state index in [1.807, 2.05) is 108 Å². The number of fused-ring (bicyclic) bond motifs is 12. The van der Waals surface area contributed by atoms with Gasteiger partial charge >= 0.3 is 36.7 Å². The smallest absolute Gasteiger partial charge is 0.416 e. The monoisotopic (exact) mass is 1930 g/mol. The molecule has 4 N–H and O–H groups in total. The fourth-order valence-electron chi connectivity index (χ4n) is 18.5. The van der Waals surface area contributed by atoms with Gasteiger partial charge in [-0.05, 0) is 212 Å². The molecule has 138 heavy (non-hydrogen) atoms. The van der Waals surface area contributed by atoms with Crippen molar-refractivity contribution in [2.75, 3.05) is 67.3 Å². The summed E-state index contributed by atoms with van der Waals surface area (Å²) in [6, 6.07) is 32.3. The second-order valence-electron chi connectivity index (χ2n) is 34.5. The molecule has 5 aromatic carbocycles. The lowest BCUT2D eigenvalue weighted by atomic mass is 9.97. The third-order valence-electron chi connectivity index (χ3n) is 25.5. The van der Waals surface area contributed by atoms with Crippen LogP contribution in [0.25, 0.3) is 22.7 Å². The quantitative estimate of drug-likeness (QED) is 0.0407. The molecule has 0 spiro atoms. The molecule has 5 fully saturated rings. The predicted molar refractivity (Wildman–Crippen MR) is 491 cm³/mol. The van der Waals surface area contributed by atoms with Crippen LogP contribution in [0.5, 0.6) is 5.75 Å². The van der Waals surface area contributed by atoms with Crippen molar-refractivity contribution >= 4 is 94.6 Å². The molecule has 8 aliphatic heterocycles. The Morgan fingerprint density at radius 2 is 0.819 bits per heavy atom. The Morgan fingerprint density at radius 3 is 1.31 bits per heavy atom. The number of benzene rings is 5. The Balaban J connectivity index is 0.000000118. The number of hydrogen-bond acceptors (Lipinski definition) is 25. The number of aryl methyl sites for hydroxylation is 2. The molecule has 13 aromatic rings. The number of carbonyl (C=O) groups is 4. The second kappa shape index (κ2) is 38.1. The Bertz CT molecular complexity index is 6780. The van der Waals surface area contributed by atoms with E-state index in [4.69, 9.17) is 46.9 Å². The number of nitrogens with one attached hydrogen (secondary N) is 4. The molecule has 1 saturated carbocycles. The standard InChI is InChI=1S/C27H23F3N6O2.C24H24F4N6O2.C22H22ClFN6O2.C22H21ClN6O3/c1-16(24-21-9-7-18-13-19(27(28,29)30)8-10-20(18)35(21)15-32-24)33-25-31-12-11-23(34-25)36-22(14-38-26(36)37)17-5-3-2-4-6-17;1-13(25)19-11-36-23(35)34(19)20-8-9-29-22(32-20)31-14(2)21-18-5-3-4-15-10-16(24(26,27)28)6-7-17(15)33(18)12-30-21;1-12(24)18-10-32-22(31)30(18)19-8-9-25-21(28-19)27-13(2)20-17-7-6-14-15(23)4-3-5-16(14)29(17)11-26-20;1-12(20-17-10-31-18-8-14(23)4-5-15(18)28(17)11-25-20)26-21-24-7-6-19(27-21)29-16(13-2-3-13)9-32-22(29)30/h2-6,8,10-13,15-16,22H,7,9,14H2,1H3,(H,31,33,34);6-10,12-14,19H,3-5,11H2,1-2H3,(H,29,31,32);3-5,8-9,11-13,18H,6-7,10H2,1-2H3,(H,25,27,28);4-8,11-13,16H,2-3,9-10H2,1H3,(H,24,26,27)/t16-,22+;13-,14-,19+;12-,13-,18+;12-,16+/m0000/s1. The Labute approximate surface area is 793 Å². The van der Waals surface area contributed by atoms with Crippen LogP contribution in [0.1, 0.15) is 170 Å². The summed E-state index contributed by atoms with van der Waals surface area (Å²) < 4.78 is 141. The van der Waals surface area contributed by atoms with Crippen LogP contribution in [0, 0.1) is 5.92 Å². The third kappa shape index (κ3) is 18.7. The lowest BCUT2D eigenvalue weighted by Crippen LogP contribution is -2.39. The summed E-state index contributed by atoms with van der Waals surface area (Å²) in [7, 11) is 0. The molecule has 33 nitrogen and oxygen atoms in total. The summed E-state index contributed by atoms with van der Waals surface area (Å²) in [5.74, 6) is 3.97. The molecule has 8 aromatic heterocycles. The number of halogens is 10. The van der Waals surface area contributed by atoms with Gasteiger partial charge in [-0.25, -0.2) is 67.8 Å². The van der Waals surface area contributed by atoms with Crippen LogP contribution in [-0.4, -0.2) is 159 Å². The molecule has 9 aliphatic rings. The zero-order valence-electron chi connectivity index (χ0n) is 74.9. The highest BCUT2D eigenvalue weighted by molar-refractivity contribution is 6.31.